The van der Waals surface area contributed by atoms with Gasteiger partial charge in [-0.3, -0.25) is 10.3 Å². The van der Waals surface area contributed by atoms with E-state index in [4.69, 9.17) is 0 Å². The molecule has 33 heavy (non-hydrogen) atoms. The summed E-state index contributed by atoms with van der Waals surface area (Å²) in [5, 5.41) is 17.0. The van der Waals surface area contributed by atoms with Crippen molar-refractivity contribution < 1.29 is 14.4 Å². The number of halogens is 1. The number of anilines is 1. The van der Waals surface area contributed by atoms with Crippen LogP contribution in [0.4, 0.5) is 14.9 Å². The summed E-state index contributed by atoms with van der Waals surface area (Å²) in [5.74, 6) is -0.172. The van der Waals surface area contributed by atoms with Crippen molar-refractivity contribution >= 4 is 17.8 Å². The molecule has 5 nitrogen and oxygen atoms in total. The molecule has 0 saturated heterocycles. The van der Waals surface area contributed by atoms with Gasteiger partial charge >= 0.3 is 6.03 Å². The summed E-state index contributed by atoms with van der Waals surface area (Å²) >= 11 is 0. The summed E-state index contributed by atoms with van der Waals surface area (Å²) in [6.07, 6.45) is 5.60. The highest BCUT2D eigenvalue weighted by molar-refractivity contribution is 5.92. The van der Waals surface area contributed by atoms with E-state index >= 15 is 0 Å². The standard InChI is InChI=1S/C27H26FN3O2/c28-21-10-11-22-19(16-21)9-12-26(24(22)15-18-5-2-1-3-6-18)30-27(32)29-25-8-4-7-20-17-31(33)14-13-23(20)25/h1-8,10-11,13-14,16,24,26,33H,9,12,15,17H2,(H2,29,30,32). The van der Waals surface area contributed by atoms with Crippen molar-refractivity contribution in [2.75, 3.05) is 5.32 Å². The van der Waals surface area contributed by atoms with Gasteiger partial charge in [-0.05, 0) is 65.8 Å². The molecule has 0 fully saturated rings. The molecule has 2 atom stereocenters. The molecule has 5 rings (SSSR count). The molecule has 1 aliphatic carbocycles. The molecule has 0 bridgehead atoms. The Balaban J connectivity index is 1.37. The van der Waals surface area contributed by atoms with Crippen molar-refractivity contribution in [2.24, 2.45) is 0 Å². The largest absolute Gasteiger partial charge is 0.334 e. The van der Waals surface area contributed by atoms with E-state index in [1.165, 1.54) is 11.6 Å². The van der Waals surface area contributed by atoms with Crippen molar-refractivity contribution in [1.29, 1.82) is 0 Å². The van der Waals surface area contributed by atoms with Crippen molar-refractivity contribution in [2.45, 2.75) is 37.8 Å². The fraction of sp³-hybridized carbons (Fsp3) is 0.222. The molecule has 2 amide bonds. The lowest BCUT2D eigenvalue weighted by Crippen LogP contribution is -2.44. The first-order valence-corrected chi connectivity index (χ1v) is 11.2. The summed E-state index contributed by atoms with van der Waals surface area (Å²) < 4.78 is 13.9. The van der Waals surface area contributed by atoms with Gasteiger partial charge in [0, 0.05) is 23.7 Å². The van der Waals surface area contributed by atoms with Crippen molar-refractivity contribution in [1.82, 2.24) is 10.4 Å². The molecule has 2 unspecified atom stereocenters. The summed E-state index contributed by atoms with van der Waals surface area (Å²) in [6, 6.07) is 20.5. The fourth-order valence-electron chi connectivity index (χ4n) is 4.95. The summed E-state index contributed by atoms with van der Waals surface area (Å²) in [7, 11) is 0. The number of hydroxylamine groups is 2. The van der Waals surface area contributed by atoms with Crippen LogP contribution in [0.15, 0.2) is 72.9 Å². The average molecular weight is 444 g/mol. The third-order valence-electron chi connectivity index (χ3n) is 6.52. The van der Waals surface area contributed by atoms with E-state index in [0.29, 0.717) is 12.2 Å². The van der Waals surface area contributed by atoms with Gasteiger partial charge < -0.3 is 10.6 Å². The van der Waals surface area contributed by atoms with E-state index in [-0.39, 0.29) is 23.8 Å². The summed E-state index contributed by atoms with van der Waals surface area (Å²) in [5.41, 5.74) is 5.83. The molecule has 168 valence electrons. The first kappa shape index (κ1) is 21.2. The van der Waals surface area contributed by atoms with E-state index in [2.05, 4.69) is 22.8 Å². The number of nitrogens with one attached hydrogen (secondary N) is 2. The van der Waals surface area contributed by atoms with E-state index in [1.807, 2.05) is 42.5 Å². The summed E-state index contributed by atoms with van der Waals surface area (Å²) in [4.78, 5) is 13.0. The Bertz CT molecular complexity index is 1200. The Kier molecular flexibility index (Phi) is 5.84. The van der Waals surface area contributed by atoms with Gasteiger partial charge in [0.2, 0.25) is 0 Å². The highest BCUT2D eigenvalue weighted by Crippen LogP contribution is 2.35. The van der Waals surface area contributed by atoms with E-state index < -0.39 is 0 Å². The van der Waals surface area contributed by atoms with Crippen LogP contribution in [-0.4, -0.2) is 22.3 Å². The van der Waals surface area contributed by atoms with Gasteiger partial charge in [-0.25, -0.2) is 9.18 Å². The number of benzene rings is 3. The molecule has 1 heterocycles. The van der Waals surface area contributed by atoms with Crippen LogP contribution >= 0.6 is 0 Å². The van der Waals surface area contributed by atoms with Crippen LogP contribution in [0.25, 0.3) is 6.08 Å². The lowest BCUT2D eigenvalue weighted by Gasteiger charge is -2.34. The second-order valence-corrected chi connectivity index (χ2v) is 8.67. The second-order valence-electron chi connectivity index (χ2n) is 8.67. The lowest BCUT2D eigenvalue weighted by atomic mass is 9.76. The SMILES string of the molecule is O=C(Nc1cccc2c1C=CN(O)C2)NC1CCc2cc(F)ccc2C1Cc1ccccc1. The number of amides is 2. The normalized spacial score (nSPS) is 18.9. The molecule has 3 aromatic carbocycles. The van der Waals surface area contributed by atoms with Gasteiger partial charge in [0.25, 0.3) is 0 Å². The van der Waals surface area contributed by atoms with Crippen molar-refractivity contribution in [3.63, 3.8) is 0 Å². The molecule has 2 aliphatic rings. The highest BCUT2D eigenvalue weighted by Gasteiger charge is 2.31. The first-order valence-electron chi connectivity index (χ1n) is 11.2. The van der Waals surface area contributed by atoms with E-state index in [0.717, 1.165) is 46.6 Å². The van der Waals surface area contributed by atoms with Gasteiger partial charge in [0.05, 0.1) is 12.2 Å². The molecule has 0 spiro atoms. The van der Waals surface area contributed by atoms with E-state index in [1.54, 1.807) is 18.3 Å². The van der Waals surface area contributed by atoms with Gasteiger partial charge in [-0.1, -0.05) is 48.5 Å². The number of rotatable bonds is 4. The first-order chi connectivity index (χ1) is 16.1. The zero-order valence-corrected chi connectivity index (χ0v) is 18.2. The average Bonchev–Trinajstić information content (AvgIpc) is 2.81. The van der Waals surface area contributed by atoms with Gasteiger partial charge in [-0.2, -0.15) is 0 Å². The van der Waals surface area contributed by atoms with Gasteiger partial charge in [0.1, 0.15) is 5.82 Å². The molecular weight excluding hydrogens is 417 g/mol. The lowest BCUT2D eigenvalue weighted by molar-refractivity contribution is -0.0494. The Morgan fingerprint density at radius 2 is 1.91 bits per heavy atom. The minimum Gasteiger partial charge on any atom is -0.334 e. The monoisotopic (exact) mass is 443 g/mol. The van der Waals surface area contributed by atoms with Gasteiger partial charge in [0.15, 0.2) is 0 Å². The summed E-state index contributed by atoms with van der Waals surface area (Å²) in [6.45, 7) is 0.373. The van der Waals surface area contributed by atoms with Crippen LogP contribution < -0.4 is 10.6 Å². The van der Waals surface area contributed by atoms with Crippen LogP contribution in [0.5, 0.6) is 0 Å². The second kappa shape index (κ2) is 9.08. The Morgan fingerprint density at radius 1 is 1.06 bits per heavy atom. The Hall–Kier alpha value is -3.64. The fourth-order valence-corrected chi connectivity index (χ4v) is 4.95. The maximum absolute atomic E-state index is 13.9. The predicted molar refractivity (Wildman–Crippen MR) is 126 cm³/mol. The number of fused-ring (bicyclic) bond motifs is 2. The number of urea groups is 1. The van der Waals surface area contributed by atoms with Gasteiger partial charge in [-0.15, -0.1) is 0 Å². The third-order valence-corrected chi connectivity index (χ3v) is 6.52. The maximum atomic E-state index is 13.9. The van der Waals surface area contributed by atoms with E-state index in [9.17, 15) is 14.4 Å². The Morgan fingerprint density at radius 3 is 2.76 bits per heavy atom. The molecule has 0 aromatic heterocycles. The quantitative estimate of drug-likeness (QED) is 0.501. The predicted octanol–water partition coefficient (Wildman–Crippen LogP) is 5.46. The molecule has 1 aliphatic heterocycles. The molecule has 0 radical (unpaired) electrons. The maximum Gasteiger partial charge on any atom is 0.319 e. The Labute approximate surface area is 192 Å². The van der Waals surface area contributed by atoms with Crippen LogP contribution in [0.2, 0.25) is 0 Å². The number of hydrogen-bond donors (Lipinski definition) is 3. The number of carbonyl (C=O) groups is 1. The zero-order chi connectivity index (χ0) is 22.8. The van der Waals surface area contributed by atoms with Crippen LogP contribution in [0.3, 0.4) is 0 Å². The van der Waals surface area contributed by atoms with Crippen LogP contribution in [-0.2, 0) is 19.4 Å². The van der Waals surface area contributed by atoms with Crippen molar-refractivity contribution in [3.05, 3.63) is 107 Å². The molecule has 3 N–H and O–H groups in total. The van der Waals surface area contributed by atoms with Crippen LogP contribution in [0, 0.1) is 5.82 Å². The number of hydrogen-bond acceptors (Lipinski definition) is 3. The molecule has 3 aromatic rings. The topological polar surface area (TPSA) is 64.6 Å². The number of carbonyl (C=O) groups excluding carboxylic acids is 1. The number of aryl methyl sites for hydroxylation is 1. The van der Waals surface area contributed by atoms with Crippen LogP contribution in [0.1, 0.15) is 40.2 Å². The smallest absolute Gasteiger partial charge is 0.319 e. The molecular formula is C27H26FN3O2. The van der Waals surface area contributed by atoms with Crippen molar-refractivity contribution in [3.8, 4) is 0 Å². The highest BCUT2D eigenvalue weighted by atomic mass is 19.1. The minimum absolute atomic E-state index is 0.0510. The number of nitrogens with zero attached hydrogens (tertiary/aromatic N) is 1. The minimum atomic E-state index is -0.267. The third kappa shape index (κ3) is 4.61. The molecule has 0 saturated carbocycles. The zero-order valence-electron chi connectivity index (χ0n) is 18.2. The molecule has 6 heteroatoms.